The highest BCUT2D eigenvalue weighted by molar-refractivity contribution is 6.30. The lowest BCUT2D eigenvalue weighted by Crippen LogP contribution is -2.70. The maximum atomic E-state index is 14.1. The third-order valence-corrected chi connectivity index (χ3v) is 6.81. The van der Waals surface area contributed by atoms with E-state index in [1.807, 2.05) is 0 Å². The molecule has 2 rings (SSSR count). The minimum Gasteiger partial charge on any atom is -0.468 e. The van der Waals surface area contributed by atoms with Crippen LogP contribution in [0.4, 0.5) is 57.1 Å². The number of halogens is 14. The second-order valence-corrected chi connectivity index (χ2v) is 9.71. The molecule has 0 saturated carbocycles. The lowest BCUT2D eigenvalue weighted by Gasteiger charge is -2.39. The Morgan fingerprint density at radius 3 is 1.93 bits per heavy atom. The van der Waals surface area contributed by atoms with Crippen molar-refractivity contribution in [2.24, 2.45) is 10.9 Å². The first-order valence-electron chi connectivity index (χ1n) is 11.9. The first-order chi connectivity index (χ1) is 19.8. The fourth-order valence-corrected chi connectivity index (χ4v) is 4.43. The highest BCUT2D eigenvalue weighted by Gasteiger charge is 2.90. The van der Waals surface area contributed by atoms with Crippen molar-refractivity contribution in [2.75, 3.05) is 13.7 Å². The maximum Gasteiger partial charge on any atom is 0.460 e. The summed E-state index contributed by atoms with van der Waals surface area (Å²) in [6.45, 7) is 1.32. The highest BCUT2D eigenvalue weighted by atomic mass is 35.5. The van der Waals surface area contributed by atoms with Crippen LogP contribution in [-0.4, -0.2) is 72.1 Å². The Kier molecular flexibility index (Phi) is 10.4. The monoisotopic (exact) mass is 682 g/mol. The number of alkyl halides is 13. The maximum absolute atomic E-state index is 14.1. The fraction of sp³-hybridized carbons (Fsp3) is 0.583. The SMILES string of the molecule is COC(=O)C1C(C)=NC(C)=C(C(=O)OCCCC(F)(F)C(F)(F)C(F)(F)C(F)(F)C(F)(F)C(F)(F)F)C1c1cccnc1Cl. The second kappa shape index (κ2) is 12.3. The largest absolute Gasteiger partial charge is 0.468 e. The van der Waals surface area contributed by atoms with Crippen molar-refractivity contribution in [2.45, 2.75) is 68.4 Å². The van der Waals surface area contributed by atoms with Gasteiger partial charge < -0.3 is 9.47 Å². The molecule has 1 aliphatic heterocycles. The summed E-state index contributed by atoms with van der Waals surface area (Å²) in [4.78, 5) is 33.4. The van der Waals surface area contributed by atoms with E-state index in [1.54, 1.807) is 0 Å². The first-order valence-corrected chi connectivity index (χ1v) is 12.3. The minimum absolute atomic E-state index is 0.0510. The molecule has 0 fully saturated rings. The van der Waals surface area contributed by atoms with E-state index in [1.165, 1.54) is 32.2 Å². The van der Waals surface area contributed by atoms with E-state index in [0.717, 1.165) is 7.11 Å². The molecule has 2 heterocycles. The van der Waals surface area contributed by atoms with Gasteiger partial charge in [-0.15, -0.1) is 0 Å². The van der Waals surface area contributed by atoms with Gasteiger partial charge in [0.25, 0.3) is 0 Å². The Morgan fingerprint density at radius 1 is 0.886 bits per heavy atom. The standard InChI is InChI=1S/C24H20ClF13N2O4/c1-10-13(17(41)43-3)15(12-6-4-8-39-16(12)25)14(11(2)40-10)18(42)44-9-5-7-19(26,27)20(28,29)21(30,31)22(32,33)23(34,35)24(36,37)38/h4,6,8,13,15H,5,7,9H2,1-3H3. The number of nitrogens with zero attached hydrogens (tertiary/aromatic N) is 2. The number of esters is 2. The molecule has 0 bridgehead atoms. The van der Waals surface area contributed by atoms with Gasteiger partial charge in [0.05, 0.1) is 19.3 Å². The summed E-state index contributed by atoms with van der Waals surface area (Å²) in [6.07, 6.45) is -10.3. The van der Waals surface area contributed by atoms with Gasteiger partial charge in [-0.25, -0.2) is 9.78 Å². The number of pyridine rings is 1. The quantitative estimate of drug-likeness (QED) is 0.105. The predicted molar refractivity (Wildman–Crippen MR) is 124 cm³/mol. The van der Waals surface area contributed by atoms with E-state index >= 15 is 0 Å². The number of methoxy groups -OCH3 is 1. The third-order valence-electron chi connectivity index (χ3n) is 6.49. The van der Waals surface area contributed by atoms with Gasteiger partial charge in [-0.1, -0.05) is 17.7 Å². The van der Waals surface area contributed by atoms with Gasteiger partial charge in [-0.3, -0.25) is 9.79 Å². The van der Waals surface area contributed by atoms with Crippen LogP contribution in [0.2, 0.25) is 5.15 Å². The molecule has 2 atom stereocenters. The van der Waals surface area contributed by atoms with E-state index in [9.17, 15) is 66.7 Å². The van der Waals surface area contributed by atoms with E-state index in [-0.39, 0.29) is 22.1 Å². The second-order valence-electron chi connectivity index (χ2n) is 9.35. The number of hydrogen-bond donors (Lipinski definition) is 0. The predicted octanol–water partition coefficient (Wildman–Crippen LogP) is 7.42. The van der Waals surface area contributed by atoms with E-state index in [4.69, 9.17) is 21.1 Å². The zero-order chi connectivity index (χ0) is 34.3. The van der Waals surface area contributed by atoms with Gasteiger partial charge in [0.15, 0.2) is 0 Å². The van der Waals surface area contributed by atoms with E-state index in [2.05, 4.69) is 9.98 Å². The summed E-state index contributed by atoms with van der Waals surface area (Å²) in [5.41, 5.74) is -0.373. The van der Waals surface area contributed by atoms with Gasteiger partial charge in [-0.2, -0.15) is 57.1 Å². The molecule has 0 aliphatic carbocycles. The van der Waals surface area contributed by atoms with Crippen LogP contribution in [0.15, 0.2) is 34.6 Å². The van der Waals surface area contributed by atoms with Gasteiger partial charge >= 0.3 is 47.7 Å². The molecule has 0 spiro atoms. The zero-order valence-corrected chi connectivity index (χ0v) is 23.1. The molecule has 0 aromatic carbocycles. The normalized spacial score (nSPS) is 19.1. The topological polar surface area (TPSA) is 77.8 Å². The van der Waals surface area contributed by atoms with Gasteiger partial charge in [0, 0.05) is 29.9 Å². The van der Waals surface area contributed by atoms with E-state index < -0.39 is 84.6 Å². The summed E-state index contributed by atoms with van der Waals surface area (Å²) in [7, 11) is 1.00. The summed E-state index contributed by atoms with van der Waals surface area (Å²) in [5, 5.41) is -0.213. The number of rotatable bonds is 11. The number of carbonyl (C=O) groups is 2. The molecule has 20 heteroatoms. The molecular weight excluding hydrogens is 663 g/mol. The Bertz CT molecular complexity index is 1330. The summed E-state index contributed by atoms with van der Waals surface area (Å²) >= 11 is 6.12. The molecule has 0 amide bonds. The van der Waals surface area contributed by atoms with Crippen LogP contribution in [0.5, 0.6) is 0 Å². The summed E-state index contributed by atoms with van der Waals surface area (Å²) < 4.78 is 182. The van der Waals surface area contributed by atoms with Crippen molar-refractivity contribution < 1.29 is 76.1 Å². The van der Waals surface area contributed by atoms with Gasteiger partial charge in [-0.05, 0) is 31.9 Å². The number of ether oxygens (including phenoxy) is 2. The Labute approximate surface area is 244 Å². The zero-order valence-electron chi connectivity index (χ0n) is 22.3. The molecule has 0 radical (unpaired) electrons. The fourth-order valence-electron chi connectivity index (χ4n) is 4.20. The Morgan fingerprint density at radius 2 is 1.43 bits per heavy atom. The number of allylic oxidation sites excluding steroid dienone is 1. The van der Waals surface area contributed by atoms with Gasteiger partial charge in [0.2, 0.25) is 0 Å². The van der Waals surface area contributed by atoms with E-state index in [0.29, 0.717) is 0 Å². The minimum atomic E-state index is -8.01. The van der Waals surface area contributed by atoms with Crippen LogP contribution in [0.3, 0.4) is 0 Å². The first kappa shape index (κ1) is 37.1. The molecule has 1 aromatic heterocycles. The molecule has 6 nitrogen and oxygen atoms in total. The summed E-state index contributed by atoms with van der Waals surface area (Å²) in [6, 6.07) is 2.71. The lowest BCUT2D eigenvalue weighted by atomic mass is 9.76. The molecular formula is C24H20ClF13N2O4. The molecule has 248 valence electrons. The lowest BCUT2D eigenvalue weighted by molar-refractivity contribution is -0.440. The number of carbonyl (C=O) groups excluding carboxylic acids is 2. The molecule has 44 heavy (non-hydrogen) atoms. The van der Waals surface area contributed by atoms with Crippen molar-refractivity contribution in [1.29, 1.82) is 0 Å². The molecule has 1 aliphatic rings. The molecule has 0 saturated heterocycles. The average molecular weight is 683 g/mol. The van der Waals surface area contributed by atoms with Crippen molar-refractivity contribution >= 4 is 29.3 Å². The van der Waals surface area contributed by atoms with Crippen molar-refractivity contribution in [3.8, 4) is 0 Å². The van der Waals surface area contributed by atoms with Crippen LogP contribution in [0.25, 0.3) is 0 Å². The molecule has 1 aromatic rings. The number of aliphatic imine (C=N–C) groups is 1. The van der Waals surface area contributed by atoms with Crippen LogP contribution in [0.1, 0.15) is 38.2 Å². The third kappa shape index (κ3) is 6.20. The van der Waals surface area contributed by atoms with Crippen LogP contribution >= 0.6 is 11.6 Å². The number of aromatic nitrogens is 1. The Hall–Kier alpha value is -3.12. The highest BCUT2D eigenvalue weighted by Crippen LogP contribution is 2.60. The average Bonchev–Trinajstić information content (AvgIpc) is 2.89. The van der Waals surface area contributed by atoms with Crippen LogP contribution in [0, 0.1) is 5.92 Å². The van der Waals surface area contributed by atoms with Gasteiger partial charge in [0.1, 0.15) is 11.1 Å². The van der Waals surface area contributed by atoms with Crippen molar-refractivity contribution in [3.63, 3.8) is 0 Å². The number of hydrogen-bond acceptors (Lipinski definition) is 6. The molecule has 2 unspecified atom stereocenters. The van der Waals surface area contributed by atoms with Crippen LogP contribution < -0.4 is 0 Å². The van der Waals surface area contributed by atoms with Crippen molar-refractivity contribution in [1.82, 2.24) is 4.98 Å². The smallest absolute Gasteiger partial charge is 0.460 e. The van der Waals surface area contributed by atoms with Crippen molar-refractivity contribution in [3.05, 3.63) is 40.3 Å². The Balaban J connectivity index is 2.31. The summed E-state index contributed by atoms with van der Waals surface area (Å²) in [5.74, 6) is -42.5. The van der Waals surface area contributed by atoms with Crippen LogP contribution in [-0.2, 0) is 19.1 Å². The molecule has 0 N–H and O–H groups in total.